The van der Waals surface area contributed by atoms with Crippen molar-refractivity contribution in [2.75, 3.05) is 32.7 Å². The van der Waals surface area contributed by atoms with E-state index in [0.29, 0.717) is 29.4 Å². The molecule has 0 unspecified atom stereocenters. The Morgan fingerprint density at radius 2 is 1.74 bits per heavy atom. The lowest BCUT2D eigenvalue weighted by molar-refractivity contribution is -0.138. The first-order valence-corrected chi connectivity index (χ1v) is 9.35. The van der Waals surface area contributed by atoms with Gasteiger partial charge in [-0.05, 0) is 55.0 Å². The molecule has 0 spiro atoms. The van der Waals surface area contributed by atoms with E-state index in [0.717, 1.165) is 5.75 Å². The summed E-state index contributed by atoms with van der Waals surface area (Å²) in [5.74, 6) is -0.579. The first-order valence-electron chi connectivity index (χ1n) is 9.35. The molecule has 10 nitrogen and oxygen atoms in total. The minimum absolute atomic E-state index is 0.223. The number of carbonyl (C=O) groups is 3. The second-order valence-corrected chi connectivity index (χ2v) is 5.98. The van der Waals surface area contributed by atoms with Crippen LogP contribution in [-0.4, -0.2) is 51.3 Å². The van der Waals surface area contributed by atoms with Crippen LogP contribution in [0.3, 0.4) is 0 Å². The summed E-state index contributed by atoms with van der Waals surface area (Å²) < 4.78 is 16.2. The van der Waals surface area contributed by atoms with Crippen LogP contribution in [0.25, 0.3) is 0 Å². The van der Waals surface area contributed by atoms with Crippen molar-refractivity contribution in [1.82, 2.24) is 10.7 Å². The van der Waals surface area contributed by atoms with Crippen LogP contribution < -0.4 is 30.3 Å². The number of carbonyl (C=O) groups excluding carboxylic acids is 3. The van der Waals surface area contributed by atoms with Crippen molar-refractivity contribution in [3.8, 4) is 17.2 Å². The fraction of sp³-hybridized carbons (Fsp3) is 0.238. The van der Waals surface area contributed by atoms with Gasteiger partial charge in [0.15, 0.2) is 18.1 Å². The number of hydrogen-bond acceptors (Lipinski definition) is 7. The van der Waals surface area contributed by atoms with E-state index in [4.69, 9.17) is 14.2 Å². The molecule has 0 heterocycles. The summed E-state index contributed by atoms with van der Waals surface area (Å²) in [4.78, 5) is 34.6. The van der Waals surface area contributed by atoms with Gasteiger partial charge in [-0.15, -0.1) is 0 Å². The number of hydrogen-bond donors (Lipinski definition) is 3. The topological polar surface area (TPSA) is 127 Å². The average Bonchev–Trinajstić information content (AvgIpc) is 2.78. The van der Waals surface area contributed by atoms with Gasteiger partial charge in [0.05, 0.1) is 19.9 Å². The second-order valence-electron chi connectivity index (χ2n) is 5.98. The molecule has 0 aliphatic rings. The van der Waals surface area contributed by atoms with Crippen molar-refractivity contribution in [2.45, 2.75) is 6.92 Å². The highest BCUT2D eigenvalue weighted by Crippen LogP contribution is 2.27. The van der Waals surface area contributed by atoms with Gasteiger partial charge >= 0.3 is 11.8 Å². The summed E-state index contributed by atoms with van der Waals surface area (Å²) in [6.07, 6.45) is 1.34. The SMILES string of the molecule is CCOc1ccc(NC(=O)COc2ccc(/C=N\NC(=O)C(=O)NC)cc2OC)cc1. The fourth-order valence-corrected chi connectivity index (χ4v) is 2.35. The lowest BCUT2D eigenvalue weighted by Gasteiger charge is -2.12. The smallest absolute Gasteiger partial charge is 0.329 e. The Labute approximate surface area is 179 Å². The van der Waals surface area contributed by atoms with E-state index < -0.39 is 11.8 Å². The molecule has 0 atom stereocenters. The van der Waals surface area contributed by atoms with E-state index in [9.17, 15) is 14.4 Å². The Balaban J connectivity index is 1.91. The fourth-order valence-electron chi connectivity index (χ4n) is 2.35. The van der Waals surface area contributed by atoms with E-state index in [-0.39, 0.29) is 12.5 Å². The first-order chi connectivity index (χ1) is 15.0. The maximum atomic E-state index is 12.1. The molecular weight excluding hydrogens is 404 g/mol. The second kappa shape index (κ2) is 11.8. The summed E-state index contributed by atoms with van der Waals surface area (Å²) in [6, 6.07) is 11.9. The highest BCUT2D eigenvalue weighted by atomic mass is 16.5. The van der Waals surface area contributed by atoms with Crippen LogP contribution in [0.4, 0.5) is 5.69 Å². The Morgan fingerprint density at radius 3 is 2.39 bits per heavy atom. The monoisotopic (exact) mass is 428 g/mol. The number of likely N-dealkylation sites (N-methyl/N-ethyl adjacent to an activating group) is 1. The highest BCUT2D eigenvalue weighted by molar-refractivity contribution is 6.35. The van der Waals surface area contributed by atoms with Crippen LogP contribution in [0.15, 0.2) is 47.6 Å². The van der Waals surface area contributed by atoms with Gasteiger partial charge in [0.25, 0.3) is 5.91 Å². The van der Waals surface area contributed by atoms with Gasteiger partial charge in [-0.25, -0.2) is 5.43 Å². The third-order valence-corrected chi connectivity index (χ3v) is 3.81. The molecule has 2 rings (SSSR count). The normalized spacial score (nSPS) is 10.3. The molecule has 164 valence electrons. The number of nitrogens with zero attached hydrogens (tertiary/aromatic N) is 1. The molecule has 0 aliphatic carbocycles. The van der Waals surface area contributed by atoms with Gasteiger partial charge in [0, 0.05) is 12.7 Å². The van der Waals surface area contributed by atoms with E-state index >= 15 is 0 Å². The summed E-state index contributed by atoms with van der Waals surface area (Å²) in [5.41, 5.74) is 3.30. The Kier molecular flexibility index (Phi) is 8.84. The van der Waals surface area contributed by atoms with Gasteiger partial charge in [-0.1, -0.05) is 0 Å². The molecular formula is C21H24N4O6. The van der Waals surface area contributed by atoms with Crippen LogP contribution >= 0.6 is 0 Å². The molecule has 2 aromatic rings. The van der Waals surface area contributed by atoms with Gasteiger partial charge < -0.3 is 24.8 Å². The molecule has 0 aromatic heterocycles. The standard InChI is InChI=1S/C21H24N4O6/c1-4-30-16-8-6-15(7-9-16)24-19(26)13-31-17-10-5-14(11-18(17)29-3)12-23-25-21(28)20(27)22-2/h5-12H,4,13H2,1-3H3,(H,22,27)(H,24,26)(H,25,28)/b23-12-. The quantitative estimate of drug-likeness (QED) is 0.314. The number of hydrazone groups is 1. The number of anilines is 1. The molecule has 10 heteroatoms. The lowest BCUT2D eigenvalue weighted by atomic mass is 10.2. The summed E-state index contributed by atoms with van der Waals surface area (Å²) in [6.45, 7) is 2.24. The van der Waals surface area contributed by atoms with Gasteiger partial charge in [-0.2, -0.15) is 5.10 Å². The van der Waals surface area contributed by atoms with E-state index in [2.05, 4.69) is 21.2 Å². The predicted molar refractivity (Wildman–Crippen MR) is 115 cm³/mol. The molecule has 0 aliphatic heterocycles. The summed E-state index contributed by atoms with van der Waals surface area (Å²) in [7, 11) is 2.80. The van der Waals surface area contributed by atoms with E-state index in [1.54, 1.807) is 42.5 Å². The van der Waals surface area contributed by atoms with Crippen LogP contribution in [-0.2, 0) is 14.4 Å². The van der Waals surface area contributed by atoms with Crippen LogP contribution in [0.2, 0.25) is 0 Å². The van der Waals surface area contributed by atoms with Crippen LogP contribution in [0, 0.1) is 0 Å². The lowest BCUT2D eigenvalue weighted by Crippen LogP contribution is -2.35. The van der Waals surface area contributed by atoms with Crippen molar-refractivity contribution >= 4 is 29.6 Å². The van der Waals surface area contributed by atoms with E-state index in [1.807, 2.05) is 6.92 Å². The zero-order chi connectivity index (χ0) is 22.6. The number of ether oxygens (including phenoxy) is 3. The van der Waals surface area contributed by atoms with Crippen molar-refractivity contribution in [3.63, 3.8) is 0 Å². The third kappa shape index (κ3) is 7.35. The van der Waals surface area contributed by atoms with Crippen molar-refractivity contribution in [3.05, 3.63) is 48.0 Å². The number of methoxy groups -OCH3 is 1. The minimum Gasteiger partial charge on any atom is -0.494 e. The number of nitrogens with one attached hydrogen (secondary N) is 3. The highest BCUT2D eigenvalue weighted by Gasteiger charge is 2.10. The summed E-state index contributed by atoms with van der Waals surface area (Å²) >= 11 is 0. The number of benzene rings is 2. The maximum Gasteiger partial charge on any atom is 0.329 e. The Hall–Kier alpha value is -4.08. The maximum absolute atomic E-state index is 12.1. The van der Waals surface area contributed by atoms with Crippen molar-refractivity contribution < 1.29 is 28.6 Å². The molecule has 0 saturated carbocycles. The number of rotatable bonds is 9. The Morgan fingerprint density at radius 1 is 1.00 bits per heavy atom. The Bertz CT molecular complexity index is 943. The molecule has 0 fully saturated rings. The first kappa shape index (κ1) is 23.2. The number of amides is 3. The van der Waals surface area contributed by atoms with Crippen LogP contribution in [0.1, 0.15) is 12.5 Å². The van der Waals surface area contributed by atoms with Crippen molar-refractivity contribution in [2.24, 2.45) is 5.10 Å². The van der Waals surface area contributed by atoms with Crippen LogP contribution in [0.5, 0.6) is 17.2 Å². The molecule has 2 aromatic carbocycles. The van der Waals surface area contributed by atoms with Crippen molar-refractivity contribution in [1.29, 1.82) is 0 Å². The largest absolute Gasteiger partial charge is 0.494 e. The van der Waals surface area contributed by atoms with Gasteiger partial charge in [-0.3, -0.25) is 14.4 Å². The molecule has 3 N–H and O–H groups in total. The minimum atomic E-state index is -0.885. The van der Waals surface area contributed by atoms with E-state index in [1.165, 1.54) is 20.4 Å². The molecule has 0 radical (unpaired) electrons. The zero-order valence-corrected chi connectivity index (χ0v) is 17.4. The molecule has 0 bridgehead atoms. The van der Waals surface area contributed by atoms with Gasteiger partial charge in [0.2, 0.25) is 0 Å². The third-order valence-electron chi connectivity index (χ3n) is 3.81. The van der Waals surface area contributed by atoms with Gasteiger partial charge in [0.1, 0.15) is 5.75 Å². The zero-order valence-electron chi connectivity index (χ0n) is 17.4. The summed E-state index contributed by atoms with van der Waals surface area (Å²) in [5, 5.41) is 8.61. The average molecular weight is 428 g/mol. The predicted octanol–water partition coefficient (Wildman–Crippen LogP) is 1.31. The molecule has 31 heavy (non-hydrogen) atoms. The molecule has 0 saturated heterocycles. The molecule has 3 amide bonds.